The number of benzene rings is 1. The number of aromatic nitrogens is 1. The molecule has 3 aliphatic rings. The Balaban J connectivity index is 1.33. The van der Waals surface area contributed by atoms with Crippen LogP contribution in [0.15, 0.2) is 24.4 Å². The zero-order valence-electron chi connectivity index (χ0n) is 18.3. The molecule has 3 aliphatic carbocycles. The molecule has 0 spiro atoms. The molecule has 166 valence electrons. The zero-order valence-corrected chi connectivity index (χ0v) is 19.1. The first-order chi connectivity index (χ1) is 14.8. The van der Waals surface area contributed by atoms with Crippen LogP contribution in [-0.4, -0.2) is 27.2 Å². The Morgan fingerprint density at radius 1 is 1.35 bits per heavy atom. The lowest BCUT2D eigenvalue weighted by Gasteiger charge is -2.51. The molecule has 0 unspecified atom stereocenters. The molecule has 2 aromatic rings. The summed E-state index contributed by atoms with van der Waals surface area (Å²) in [5.41, 5.74) is 2.63. The summed E-state index contributed by atoms with van der Waals surface area (Å²) in [6.45, 7) is 4.26. The molecule has 5 nitrogen and oxygen atoms in total. The number of carbonyl (C=O) groups excluding carboxylic acids is 1. The summed E-state index contributed by atoms with van der Waals surface area (Å²) in [7, 11) is 0. The number of anilines is 1. The van der Waals surface area contributed by atoms with Crippen LogP contribution in [0.1, 0.15) is 67.4 Å². The van der Waals surface area contributed by atoms with Crippen LogP contribution in [0.5, 0.6) is 5.75 Å². The van der Waals surface area contributed by atoms with Crippen LogP contribution in [0.2, 0.25) is 0 Å². The van der Waals surface area contributed by atoms with E-state index in [4.69, 9.17) is 0 Å². The van der Waals surface area contributed by atoms with Gasteiger partial charge in [-0.05, 0) is 97.8 Å². The van der Waals surface area contributed by atoms with Crippen LogP contribution in [0.25, 0.3) is 0 Å². The molecular formula is C25H32N2O3S. The van der Waals surface area contributed by atoms with Crippen molar-refractivity contribution in [1.29, 1.82) is 0 Å². The molecule has 2 saturated carbocycles. The number of phenols is 1. The number of nitrogens with zero attached hydrogens (tertiary/aromatic N) is 1. The van der Waals surface area contributed by atoms with Crippen molar-refractivity contribution in [3.05, 3.63) is 40.4 Å². The summed E-state index contributed by atoms with van der Waals surface area (Å²) < 4.78 is 0. The minimum Gasteiger partial charge on any atom is -0.508 e. The first kappa shape index (κ1) is 21.0. The van der Waals surface area contributed by atoms with Crippen LogP contribution in [0.3, 0.4) is 0 Å². The van der Waals surface area contributed by atoms with Crippen LogP contribution in [0, 0.1) is 30.1 Å². The van der Waals surface area contributed by atoms with E-state index in [-0.39, 0.29) is 17.4 Å². The second-order valence-electron chi connectivity index (χ2n) is 10.1. The van der Waals surface area contributed by atoms with E-state index >= 15 is 0 Å². The number of hydrogen-bond acceptors (Lipinski definition) is 5. The van der Waals surface area contributed by atoms with Crippen molar-refractivity contribution >= 4 is 22.4 Å². The van der Waals surface area contributed by atoms with E-state index in [2.05, 4.69) is 23.3 Å². The van der Waals surface area contributed by atoms with Gasteiger partial charge in [0.25, 0.3) is 0 Å². The predicted molar refractivity (Wildman–Crippen MR) is 122 cm³/mol. The Bertz CT molecular complexity index is 989. The normalized spacial score (nSPS) is 34.0. The van der Waals surface area contributed by atoms with Gasteiger partial charge >= 0.3 is 0 Å². The predicted octanol–water partition coefficient (Wildman–Crippen LogP) is 5.02. The summed E-state index contributed by atoms with van der Waals surface area (Å²) in [6, 6.07) is 5.87. The minimum atomic E-state index is -0.283. The average molecular weight is 441 g/mol. The van der Waals surface area contributed by atoms with Gasteiger partial charge in [-0.2, -0.15) is 0 Å². The van der Waals surface area contributed by atoms with Gasteiger partial charge in [0.2, 0.25) is 5.91 Å². The van der Waals surface area contributed by atoms with Crippen molar-refractivity contribution in [3.63, 3.8) is 0 Å². The highest BCUT2D eigenvalue weighted by molar-refractivity contribution is 7.15. The molecule has 0 aliphatic heterocycles. The Hall–Kier alpha value is -1.92. The number of carbonyl (C=O) groups is 1. The summed E-state index contributed by atoms with van der Waals surface area (Å²) in [5.74, 6) is 2.24. The van der Waals surface area contributed by atoms with Gasteiger partial charge in [-0.3, -0.25) is 4.79 Å². The number of thiazole rings is 1. The van der Waals surface area contributed by atoms with Gasteiger partial charge < -0.3 is 15.5 Å². The third-order valence-electron chi connectivity index (χ3n) is 8.41. The Labute approximate surface area is 187 Å². The van der Waals surface area contributed by atoms with Crippen molar-refractivity contribution in [2.24, 2.45) is 23.2 Å². The van der Waals surface area contributed by atoms with E-state index in [1.165, 1.54) is 22.5 Å². The van der Waals surface area contributed by atoms with E-state index in [0.717, 1.165) is 43.4 Å². The van der Waals surface area contributed by atoms with E-state index < -0.39 is 0 Å². The highest BCUT2D eigenvalue weighted by Crippen LogP contribution is 2.63. The molecule has 1 aromatic carbocycles. The second-order valence-corrected chi connectivity index (χ2v) is 11.4. The highest BCUT2D eigenvalue weighted by atomic mass is 32.1. The van der Waals surface area contributed by atoms with E-state index in [9.17, 15) is 15.0 Å². The van der Waals surface area contributed by atoms with Crippen molar-refractivity contribution in [3.8, 4) is 5.75 Å². The maximum Gasteiger partial charge on any atom is 0.226 e. The number of aryl methyl sites for hydroxylation is 2. The molecule has 1 aromatic heterocycles. The minimum absolute atomic E-state index is 0.0225. The molecule has 0 saturated heterocycles. The van der Waals surface area contributed by atoms with Crippen LogP contribution in [-0.2, 0) is 11.2 Å². The van der Waals surface area contributed by atoms with E-state index in [1.807, 2.05) is 19.1 Å². The number of rotatable bonds is 4. The number of aliphatic hydroxyl groups excluding tert-OH is 1. The molecule has 3 N–H and O–H groups in total. The van der Waals surface area contributed by atoms with Gasteiger partial charge in [0, 0.05) is 17.5 Å². The van der Waals surface area contributed by atoms with Crippen molar-refractivity contribution in [2.75, 3.05) is 5.32 Å². The third kappa shape index (κ3) is 3.68. The maximum absolute atomic E-state index is 12.5. The standard InChI is InChI=1S/C25H32N2O3S/c1-14-13-26-24(31-14)27-22(30)8-4-16-12-21(29)25(2)10-9-19-18-7-5-17(28)11-15(18)3-6-20(19)23(16)25/h5,7,11,13,16,19-21,23,28-29H,3-4,6,8-10,12H2,1-2H3,(H,26,27,30)/t16-,19-,20-,21+,23+,25-/m1/s1. The Kier molecular flexibility index (Phi) is 5.33. The largest absolute Gasteiger partial charge is 0.508 e. The molecule has 31 heavy (non-hydrogen) atoms. The number of amides is 1. The lowest BCUT2D eigenvalue weighted by atomic mass is 9.54. The molecule has 6 heteroatoms. The molecule has 1 amide bonds. The summed E-state index contributed by atoms with van der Waals surface area (Å²) in [6.07, 6.45) is 7.82. The molecule has 0 bridgehead atoms. The fourth-order valence-electron chi connectivity index (χ4n) is 7.03. The zero-order chi connectivity index (χ0) is 21.8. The Morgan fingerprint density at radius 3 is 2.97 bits per heavy atom. The SMILES string of the molecule is Cc1cnc(NC(=O)CC[C@@H]2C[C@H](O)[C@@]3(C)CC[C@@H]4c5ccc(O)cc5CC[C@H]4[C@H]23)s1. The molecular weight excluding hydrogens is 408 g/mol. The fraction of sp³-hybridized carbons (Fsp3) is 0.600. The van der Waals surface area contributed by atoms with E-state index in [0.29, 0.717) is 41.0 Å². The Morgan fingerprint density at radius 2 is 2.19 bits per heavy atom. The molecule has 5 rings (SSSR count). The number of aromatic hydroxyl groups is 1. The summed E-state index contributed by atoms with van der Waals surface area (Å²) in [4.78, 5) is 17.9. The van der Waals surface area contributed by atoms with Gasteiger partial charge in [0.1, 0.15) is 5.75 Å². The summed E-state index contributed by atoms with van der Waals surface area (Å²) in [5, 5.41) is 24.6. The van der Waals surface area contributed by atoms with Crippen LogP contribution >= 0.6 is 11.3 Å². The van der Waals surface area contributed by atoms with Gasteiger partial charge in [-0.25, -0.2) is 4.98 Å². The molecule has 6 atom stereocenters. The lowest BCUT2D eigenvalue weighted by Crippen LogP contribution is -2.45. The van der Waals surface area contributed by atoms with Crippen molar-refractivity contribution in [1.82, 2.24) is 4.98 Å². The topological polar surface area (TPSA) is 82.5 Å². The number of fused-ring (bicyclic) bond motifs is 5. The number of nitrogens with one attached hydrogen (secondary N) is 1. The average Bonchev–Trinajstić information content (AvgIpc) is 3.25. The maximum atomic E-state index is 12.5. The van der Waals surface area contributed by atoms with Gasteiger partial charge in [-0.1, -0.05) is 13.0 Å². The van der Waals surface area contributed by atoms with E-state index in [1.54, 1.807) is 6.20 Å². The third-order valence-corrected chi connectivity index (χ3v) is 9.24. The van der Waals surface area contributed by atoms with Crippen LogP contribution < -0.4 is 5.32 Å². The molecule has 0 radical (unpaired) electrons. The number of phenolic OH excluding ortho intramolecular Hbond substituents is 1. The van der Waals surface area contributed by atoms with Gasteiger partial charge in [-0.15, -0.1) is 11.3 Å². The lowest BCUT2D eigenvalue weighted by molar-refractivity contribution is -0.116. The van der Waals surface area contributed by atoms with Crippen molar-refractivity contribution < 1.29 is 15.0 Å². The second kappa shape index (κ2) is 7.89. The first-order valence-corrected chi connectivity index (χ1v) is 12.4. The quantitative estimate of drug-likeness (QED) is 0.623. The van der Waals surface area contributed by atoms with Crippen LogP contribution in [0.4, 0.5) is 5.13 Å². The smallest absolute Gasteiger partial charge is 0.226 e. The number of aliphatic hydroxyl groups is 1. The van der Waals surface area contributed by atoms with Gasteiger partial charge in [0.05, 0.1) is 6.10 Å². The van der Waals surface area contributed by atoms with Gasteiger partial charge in [0.15, 0.2) is 5.13 Å². The highest BCUT2D eigenvalue weighted by Gasteiger charge is 2.58. The number of hydrogen-bond donors (Lipinski definition) is 3. The molecule has 1 heterocycles. The van der Waals surface area contributed by atoms with Crippen molar-refractivity contribution in [2.45, 2.75) is 70.8 Å². The summed E-state index contributed by atoms with van der Waals surface area (Å²) >= 11 is 1.50. The molecule has 2 fully saturated rings. The fourth-order valence-corrected chi connectivity index (χ4v) is 7.71. The first-order valence-electron chi connectivity index (χ1n) is 11.6. The monoisotopic (exact) mass is 440 g/mol.